The fourth-order valence-corrected chi connectivity index (χ4v) is 2.58. The summed E-state index contributed by atoms with van der Waals surface area (Å²) in [5.74, 6) is 0.967. The highest BCUT2D eigenvalue weighted by Crippen LogP contribution is 2.18. The lowest BCUT2D eigenvalue weighted by atomic mass is 10.3. The van der Waals surface area contributed by atoms with Crippen molar-refractivity contribution < 1.29 is 14.3 Å². The number of rotatable bonds is 6. The molecule has 1 rings (SSSR count). The summed E-state index contributed by atoms with van der Waals surface area (Å²) in [7, 11) is 0. The molecule has 1 unspecified atom stereocenters. The van der Waals surface area contributed by atoms with Gasteiger partial charge in [0.25, 0.3) is 0 Å². The molecule has 0 radical (unpaired) electrons. The Balaban J connectivity index is 2.25. The minimum Gasteiger partial charge on any atom is -0.447 e. The highest BCUT2D eigenvalue weighted by Gasteiger charge is 2.28. The molecule has 0 aromatic rings. The Kier molecular flexibility index (Phi) is 5.66. The summed E-state index contributed by atoms with van der Waals surface area (Å²) < 4.78 is 4.73. The fourth-order valence-electron chi connectivity index (χ4n) is 1.46. The summed E-state index contributed by atoms with van der Waals surface area (Å²) in [6.45, 7) is 4.92. The van der Waals surface area contributed by atoms with E-state index in [1.807, 2.05) is 6.92 Å². The molecule has 1 saturated heterocycles. The Labute approximate surface area is 101 Å². The maximum atomic E-state index is 11.7. The minimum absolute atomic E-state index is 0.112. The van der Waals surface area contributed by atoms with Crippen molar-refractivity contribution in [3.8, 4) is 0 Å². The lowest BCUT2D eigenvalue weighted by Gasteiger charge is -2.14. The van der Waals surface area contributed by atoms with E-state index in [1.165, 1.54) is 17.7 Å². The van der Waals surface area contributed by atoms with Gasteiger partial charge in [0.05, 0.1) is 6.54 Å². The lowest BCUT2D eigenvalue weighted by Crippen LogP contribution is -2.33. The third kappa shape index (κ3) is 4.04. The second kappa shape index (κ2) is 6.78. The van der Waals surface area contributed by atoms with Crippen molar-refractivity contribution in [1.29, 1.82) is 0 Å². The van der Waals surface area contributed by atoms with Crippen LogP contribution in [0, 0.1) is 0 Å². The normalized spacial score (nSPS) is 17.4. The maximum Gasteiger partial charge on any atom is 0.416 e. The molecule has 0 spiro atoms. The molecule has 16 heavy (non-hydrogen) atoms. The van der Waals surface area contributed by atoms with Crippen LogP contribution in [-0.4, -0.2) is 41.1 Å². The number of ether oxygens (including phenoxy) is 1. The van der Waals surface area contributed by atoms with Crippen LogP contribution < -0.4 is 0 Å². The van der Waals surface area contributed by atoms with Crippen LogP contribution in [0.15, 0.2) is 0 Å². The molecule has 92 valence electrons. The number of amides is 2. The summed E-state index contributed by atoms with van der Waals surface area (Å²) in [5.41, 5.74) is 0. The van der Waals surface area contributed by atoms with Gasteiger partial charge in [-0.3, -0.25) is 4.79 Å². The van der Waals surface area contributed by atoms with Crippen LogP contribution in [-0.2, 0) is 9.53 Å². The first-order valence-electron chi connectivity index (χ1n) is 5.74. The van der Waals surface area contributed by atoms with Crippen LogP contribution in [0.25, 0.3) is 0 Å². The van der Waals surface area contributed by atoms with E-state index in [2.05, 4.69) is 6.92 Å². The van der Waals surface area contributed by atoms with E-state index in [0.29, 0.717) is 19.6 Å². The molecule has 1 fully saturated rings. The number of hydrogen-bond donors (Lipinski definition) is 0. The minimum atomic E-state index is -0.490. The first kappa shape index (κ1) is 13.4. The zero-order valence-electron chi connectivity index (χ0n) is 9.90. The van der Waals surface area contributed by atoms with E-state index in [1.54, 1.807) is 11.8 Å². The van der Waals surface area contributed by atoms with Crippen molar-refractivity contribution in [2.24, 2.45) is 0 Å². The lowest BCUT2D eigenvalue weighted by molar-refractivity contribution is -0.127. The van der Waals surface area contributed by atoms with Crippen molar-refractivity contribution in [3.05, 3.63) is 0 Å². The van der Waals surface area contributed by atoms with Gasteiger partial charge in [0.2, 0.25) is 5.91 Å². The van der Waals surface area contributed by atoms with Crippen molar-refractivity contribution in [2.75, 3.05) is 18.9 Å². The van der Waals surface area contributed by atoms with Gasteiger partial charge in [0, 0.05) is 11.7 Å². The molecule has 1 aliphatic rings. The van der Waals surface area contributed by atoms with Crippen LogP contribution in [0.2, 0.25) is 0 Å². The molecule has 1 aliphatic heterocycles. The van der Waals surface area contributed by atoms with E-state index >= 15 is 0 Å². The maximum absolute atomic E-state index is 11.7. The summed E-state index contributed by atoms with van der Waals surface area (Å²) in [6.07, 6.45) is 2.28. The van der Waals surface area contributed by atoms with Gasteiger partial charge in [-0.15, -0.1) is 0 Å². The van der Waals surface area contributed by atoms with Crippen LogP contribution in [0.3, 0.4) is 0 Å². The molecule has 1 atom stereocenters. The van der Waals surface area contributed by atoms with E-state index in [-0.39, 0.29) is 11.2 Å². The number of carbonyl (C=O) groups is 2. The number of imide groups is 1. The van der Waals surface area contributed by atoms with Crippen molar-refractivity contribution >= 4 is 23.8 Å². The molecule has 1 heterocycles. The summed E-state index contributed by atoms with van der Waals surface area (Å²) >= 11 is 1.79. The zero-order chi connectivity index (χ0) is 12.0. The van der Waals surface area contributed by atoms with Gasteiger partial charge in [-0.25, -0.2) is 9.69 Å². The molecule has 0 bridgehead atoms. The van der Waals surface area contributed by atoms with Crippen LogP contribution >= 0.6 is 11.8 Å². The molecule has 0 aliphatic carbocycles. The quantitative estimate of drug-likeness (QED) is 0.673. The smallest absolute Gasteiger partial charge is 0.416 e. The molecule has 2 amide bonds. The number of nitrogens with zero attached hydrogens (tertiary/aromatic N) is 1. The average Bonchev–Trinajstić information content (AvgIpc) is 2.65. The Morgan fingerprint density at radius 3 is 2.94 bits per heavy atom. The van der Waals surface area contributed by atoms with Crippen molar-refractivity contribution in [1.82, 2.24) is 4.90 Å². The van der Waals surface area contributed by atoms with Gasteiger partial charge < -0.3 is 4.74 Å². The third-order valence-corrected chi connectivity index (χ3v) is 3.68. The van der Waals surface area contributed by atoms with E-state index in [0.717, 1.165) is 5.75 Å². The van der Waals surface area contributed by atoms with E-state index in [9.17, 15) is 9.59 Å². The van der Waals surface area contributed by atoms with Crippen LogP contribution in [0.4, 0.5) is 4.79 Å². The predicted molar refractivity (Wildman–Crippen MR) is 64.5 cm³/mol. The van der Waals surface area contributed by atoms with E-state index < -0.39 is 6.09 Å². The summed E-state index contributed by atoms with van der Waals surface area (Å²) in [5, 5.41) is 0.271. The molecule has 0 aromatic heterocycles. The topological polar surface area (TPSA) is 46.6 Å². The molecule has 0 N–H and O–H groups in total. The molecule has 0 aromatic carbocycles. The largest absolute Gasteiger partial charge is 0.447 e. The molecule has 0 saturated carbocycles. The van der Waals surface area contributed by atoms with Crippen molar-refractivity contribution in [2.45, 2.75) is 38.4 Å². The number of thioether (sulfide) groups is 1. The van der Waals surface area contributed by atoms with E-state index in [4.69, 9.17) is 4.74 Å². The van der Waals surface area contributed by atoms with Gasteiger partial charge in [-0.05, 0) is 12.2 Å². The Hall–Kier alpha value is -0.710. The van der Waals surface area contributed by atoms with Gasteiger partial charge in [-0.2, -0.15) is 11.8 Å². The van der Waals surface area contributed by atoms with Gasteiger partial charge in [0.15, 0.2) is 0 Å². The monoisotopic (exact) mass is 245 g/mol. The first-order chi connectivity index (χ1) is 7.65. The predicted octanol–water partition coefficient (Wildman–Crippen LogP) is 2.28. The number of cyclic esters (lactones) is 1. The molecular formula is C11H19NO3S. The SMILES string of the molecule is CCCCSC(C)CC(=O)N1CCOC1=O. The average molecular weight is 245 g/mol. The van der Waals surface area contributed by atoms with Crippen molar-refractivity contribution in [3.63, 3.8) is 0 Å². The molecule has 4 nitrogen and oxygen atoms in total. The van der Waals surface area contributed by atoms with Gasteiger partial charge >= 0.3 is 6.09 Å². The Morgan fingerprint density at radius 1 is 1.62 bits per heavy atom. The van der Waals surface area contributed by atoms with Gasteiger partial charge in [0.1, 0.15) is 6.61 Å². The fraction of sp³-hybridized carbons (Fsp3) is 0.818. The second-order valence-electron chi connectivity index (χ2n) is 3.90. The summed E-state index contributed by atoms with van der Waals surface area (Å²) in [6, 6.07) is 0. The first-order valence-corrected chi connectivity index (χ1v) is 6.78. The molecule has 5 heteroatoms. The second-order valence-corrected chi connectivity index (χ2v) is 5.45. The number of unbranched alkanes of at least 4 members (excludes halogenated alkanes) is 1. The Bertz CT molecular complexity index is 258. The van der Waals surface area contributed by atoms with Gasteiger partial charge in [-0.1, -0.05) is 20.3 Å². The highest BCUT2D eigenvalue weighted by atomic mass is 32.2. The zero-order valence-corrected chi connectivity index (χ0v) is 10.7. The van der Waals surface area contributed by atoms with Crippen LogP contribution in [0.1, 0.15) is 33.1 Å². The highest BCUT2D eigenvalue weighted by molar-refractivity contribution is 7.99. The molecular weight excluding hydrogens is 226 g/mol. The summed E-state index contributed by atoms with van der Waals surface area (Å²) in [4.78, 5) is 24.0. The standard InChI is InChI=1S/C11H19NO3S/c1-3-4-7-16-9(2)8-10(13)12-5-6-15-11(12)14/h9H,3-8H2,1-2H3. The third-order valence-electron chi connectivity index (χ3n) is 2.42. The Morgan fingerprint density at radius 2 is 2.38 bits per heavy atom. The number of hydrogen-bond acceptors (Lipinski definition) is 4. The number of carbonyl (C=O) groups excluding carboxylic acids is 2. The van der Waals surface area contributed by atoms with Crippen LogP contribution in [0.5, 0.6) is 0 Å².